The van der Waals surface area contributed by atoms with Crippen molar-refractivity contribution in [1.29, 1.82) is 0 Å². The summed E-state index contributed by atoms with van der Waals surface area (Å²) in [5.41, 5.74) is -3.96. The minimum atomic E-state index is -1.95. The molecule has 1 fully saturated rings. The summed E-state index contributed by atoms with van der Waals surface area (Å²) in [5.74, 6) is -1.38. The van der Waals surface area contributed by atoms with E-state index in [-0.39, 0.29) is 12.5 Å². The van der Waals surface area contributed by atoms with Gasteiger partial charge in [0.25, 0.3) is 0 Å². The molecule has 2 amide bonds. The van der Waals surface area contributed by atoms with E-state index in [0.717, 1.165) is 0 Å². The highest BCUT2D eigenvalue weighted by Crippen LogP contribution is 2.44. The lowest BCUT2D eigenvalue weighted by Crippen LogP contribution is -2.60. The summed E-state index contributed by atoms with van der Waals surface area (Å²) in [7, 11) is 0. The molecule has 1 saturated carbocycles. The van der Waals surface area contributed by atoms with E-state index < -0.39 is 72.7 Å². The second-order valence-electron chi connectivity index (χ2n) is 10.3. The van der Waals surface area contributed by atoms with Crippen molar-refractivity contribution in [3.8, 4) is 0 Å². The first-order chi connectivity index (χ1) is 15.2. The molecule has 0 bridgehead atoms. The average molecular weight is 477 g/mol. The molecule has 1 heterocycles. The van der Waals surface area contributed by atoms with E-state index in [2.05, 4.69) is 4.99 Å². The van der Waals surface area contributed by atoms with E-state index in [4.69, 9.17) is 18.9 Å². The number of amides is 2. The summed E-state index contributed by atoms with van der Waals surface area (Å²) in [6.07, 6.45) is -3.57. The normalized spacial score (nSPS) is 24.2. The topological polar surface area (TPSA) is 104 Å². The summed E-state index contributed by atoms with van der Waals surface area (Å²) in [4.78, 5) is 42.9. The van der Waals surface area contributed by atoms with Gasteiger partial charge in [0.2, 0.25) is 0 Å². The average Bonchev–Trinajstić information content (AvgIpc) is 3.46. The predicted molar refractivity (Wildman–Crippen MR) is 114 cm³/mol. The number of nitrogens with zero attached hydrogens (tertiary/aromatic N) is 2. The van der Waals surface area contributed by atoms with Crippen LogP contribution in [0.3, 0.4) is 0 Å². The van der Waals surface area contributed by atoms with Crippen molar-refractivity contribution in [2.45, 2.75) is 72.3 Å². The van der Waals surface area contributed by atoms with E-state index >= 15 is 0 Å². The molecule has 0 aromatic rings. The molecule has 0 unspecified atom stereocenters. The van der Waals surface area contributed by atoms with Gasteiger partial charge in [-0.2, -0.15) is 4.90 Å². The van der Waals surface area contributed by atoms with Crippen LogP contribution in [0, 0.1) is 17.3 Å². The first-order valence-corrected chi connectivity index (χ1v) is 10.9. The van der Waals surface area contributed by atoms with Crippen molar-refractivity contribution in [3.63, 3.8) is 0 Å². The molecule has 2 aliphatic rings. The van der Waals surface area contributed by atoms with E-state index in [1.165, 1.54) is 0 Å². The monoisotopic (exact) mass is 476 g/mol. The zero-order valence-corrected chi connectivity index (χ0v) is 20.3. The third kappa shape index (κ3) is 6.54. The number of aliphatic imine (C=N–C) groups is 1. The summed E-state index contributed by atoms with van der Waals surface area (Å²) >= 11 is 0. The molecule has 33 heavy (non-hydrogen) atoms. The quantitative estimate of drug-likeness (QED) is 0.421. The van der Waals surface area contributed by atoms with Gasteiger partial charge in [0.15, 0.2) is 12.1 Å². The summed E-state index contributed by atoms with van der Waals surface area (Å²) < 4.78 is 49.6. The number of hydrogen-bond acceptors (Lipinski definition) is 8. The minimum absolute atomic E-state index is 0.0349. The Bertz CT molecular complexity index is 757. The fraction of sp³-hybridized carbons (Fsp3) is 0.818. The molecule has 188 valence electrons. The number of carbonyl (C=O) groups excluding carboxylic acids is 3. The molecule has 1 aliphatic carbocycles. The summed E-state index contributed by atoms with van der Waals surface area (Å²) in [6.45, 7) is 8.38. The molecule has 0 N–H and O–H groups in total. The van der Waals surface area contributed by atoms with Crippen LogP contribution >= 0.6 is 0 Å². The molecule has 1 aliphatic heterocycles. The predicted octanol–water partition coefficient (Wildman–Crippen LogP) is 4.04. The van der Waals surface area contributed by atoms with Gasteiger partial charge in [-0.15, -0.1) is 0 Å². The van der Waals surface area contributed by atoms with E-state index in [0.29, 0.717) is 11.3 Å². The Kier molecular flexibility index (Phi) is 7.96. The second kappa shape index (κ2) is 9.80. The third-order valence-corrected chi connectivity index (χ3v) is 4.96. The number of alkyl halides is 2. The summed E-state index contributed by atoms with van der Waals surface area (Å²) in [5, 5.41) is 0. The van der Waals surface area contributed by atoms with Crippen LogP contribution in [0.4, 0.5) is 18.4 Å². The van der Waals surface area contributed by atoms with Crippen LogP contribution in [0.25, 0.3) is 0 Å². The van der Waals surface area contributed by atoms with Gasteiger partial charge in [0.1, 0.15) is 36.6 Å². The molecule has 3 atom stereocenters. The molecule has 0 radical (unpaired) electrons. The molecular formula is C22H34F2N2O7. The fourth-order valence-corrected chi connectivity index (χ4v) is 3.25. The molecular weight excluding hydrogens is 442 g/mol. The molecule has 0 saturated heterocycles. The van der Waals surface area contributed by atoms with Crippen LogP contribution in [0.1, 0.15) is 54.9 Å². The van der Waals surface area contributed by atoms with Gasteiger partial charge in [-0.05, 0) is 54.9 Å². The maximum absolute atomic E-state index is 14.2. The molecule has 0 aromatic carbocycles. The second-order valence-corrected chi connectivity index (χ2v) is 10.3. The Morgan fingerprint density at radius 1 is 1.06 bits per heavy atom. The zero-order chi connectivity index (χ0) is 25.2. The van der Waals surface area contributed by atoms with Gasteiger partial charge < -0.3 is 18.9 Å². The first-order valence-electron chi connectivity index (χ1n) is 10.9. The molecule has 0 aromatic heterocycles. The van der Waals surface area contributed by atoms with Crippen molar-refractivity contribution in [2.24, 2.45) is 22.2 Å². The van der Waals surface area contributed by atoms with Crippen LogP contribution < -0.4 is 0 Å². The maximum atomic E-state index is 14.2. The number of rotatable bonds is 6. The van der Waals surface area contributed by atoms with E-state index in [1.807, 2.05) is 0 Å². The van der Waals surface area contributed by atoms with Gasteiger partial charge in [-0.3, -0.25) is 13.6 Å². The number of esters is 1. The highest BCUT2D eigenvalue weighted by Gasteiger charge is 2.56. The van der Waals surface area contributed by atoms with Crippen LogP contribution in [0.2, 0.25) is 0 Å². The smallest absolute Gasteiger partial charge is 0.421 e. The van der Waals surface area contributed by atoms with Crippen molar-refractivity contribution in [1.82, 2.24) is 4.90 Å². The van der Waals surface area contributed by atoms with Crippen molar-refractivity contribution < 1.29 is 42.1 Å². The van der Waals surface area contributed by atoms with Crippen molar-refractivity contribution >= 4 is 24.1 Å². The lowest BCUT2D eigenvalue weighted by atomic mass is 9.86. The van der Waals surface area contributed by atoms with Crippen LogP contribution in [0.5, 0.6) is 0 Å². The molecule has 9 nitrogen and oxygen atoms in total. The van der Waals surface area contributed by atoms with Crippen LogP contribution in [0.15, 0.2) is 4.99 Å². The number of ether oxygens (including phenoxy) is 4. The van der Waals surface area contributed by atoms with Gasteiger partial charge in [0, 0.05) is 5.92 Å². The van der Waals surface area contributed by atoms with Crippen molar-refractivity contribution in [2.75, 3.05) is 26.6 Å². The van der Waals surface area contributed by atoms with E-state index in [1.54, 1.807) is 48.5 Å². The minimum Gasteiger partial charge on any atom is -0.480 e. The zero-order valence-electron chi connectivity index (χ0n) is 20.3. The molecule has 0 spiro atoms. The molecule has 11 heteroatoms. The van der Waals surface area contributed by atoms with Crippen LogP contribution in [-0.2, 0) is 23.7 Å². The number of carbonyl (C=O) groups is 3. The molecule has 2 rings (SSSR count). The Balaban J connectivity index is 2.48. The van der Waals surface area contributed by atoms with Gasteiger partial charge in [-0.25, -0.2) is 14.6 Å². The van der Waals surface area contributed by atoms with Crippen LogP contribution in [-0.4, -0.2) is 72.9 Å². The SMILES string of the molecule is CCOC(=O)[C@H]1C[C@@H]1C1=N[C@H](N(C(=O)OC(C)(C)C)C(=O)OC(C)(C)C)C(CF)(CF)CO1. The Hall–Kier alpha value is -2.46. The largest absolute Gasteiger partial charge is 0.480 e. The highest BCUT2D eigenvalue weighted by atomic mass is 19.1. The van der Waals surface area contributed by atoms with E-state index in [9.17, 15) is 23.2 Å². The van der Waals surface area contributed by atoms with Gasteiger partial charge in [0.05, 0.1) is 12.5 Å². The fourth-order valence-electron chi connectivity index (χ4n) is 3.25. The standard InChI is InChI=1S/C22H34F2N2O7/c1-8-30-16(27)14-9-13(14)15-25-17(22(10-23,11-24)12-31-15)26(18(28)32-20(2,3)4)19(29)33-21(5,6)7/h13-14,17H,8-12H2,1-7H3/t13-,14-,17+/m0/s1. The summed E-state index contributed by atoms with van der Waals surface area (Å²) in [6, 6.07) is 0. The maximum Gasteiger partial charge on any atom is 0.421 e. The van der Waals surface area contributed by atoms with Gasteiger partial charge >= 0.3 is 18.2 Å². The van der Waals surface area contributed by atoms with Crippen molar-refractivity contribution in [3.05, 3.63) is 0 Å². The van der Waals surface area contributed by atoms with Gasteiger partial charge in [-0.1, -0.05) is 0 Å². The lowest BCUT2D eigenvalue weighted by Gasteiger charge is -2.42. The first kappa shape index (κ1) is 26.8. The number of imide groups is 1. The lowest BCUT2D eigenvalue weighted by molar-refractivity contribution is -0.144. The Morgan fingerprint density at radius 3 is 2.00 bits per heavy atom. The number of hydrogen-bond donors (Lipinski definition) is 0. The number of halogens is 2. The third-order valence-electron chi connectivity index (χ3n) is 4.96. The Labute approximate surface area is 192 Å². The Morgan fingerprint density at radius 2 is 1.58 bits per heavy atom. The highest BCUT2D eigenvalue weighted by molar-refractivity contribution is 5.92.